The number of hydrogen-bond donors (Lipinski definition) is 2. The molecule has 0 bridgehead atoms. The minimum absolute atomic E-state index is 0.0693. The molecular formula is C12H20N4O2S. The van der Waals surface area contributed by atoms with Gasteiger partial charge in [-0.1, -0.05) is 6.92 Å². The fraction of sp³-hybridized carbons (Fsp3) is 0.583. The number of pyridine rings is 1. The largest absolute Gasteiger partial charge is 0.396 e. The Morgan fingerprint density at radius 2 is 2.37 bits per heavy atom. The molecule has 106 valence electrons. The van der Waals surface area contributed by atoms with Gasteiger partial charge in [0.1, 0.15) is 0 Å². The van der Waals surface area contributed by atoms with Crippen molar-refractivity contribution in [3.8, 4) is 0 Å². The van der Waals surface area contributed by atoms with E-state index in [1.165, 1.54) is 6.20 Å². The number of sulfonamides is 1. The van der Waals surface area contributed by atoms with E-state index in [0.29, 0.717) is 0 Å². The van der Waals surface area contributed by atoms with Gasteiger partial charge in [0.25, 0.3) is 10.0 Å². The van der Waals surface area contributed by atoms with Crippen LogP contribution in [0, 0.1) is 0 Å². The monoisotopic (exact) mass is 284 g/mol. The van der Waals surface area contributed by atoms with Crippen LogP contribution in [0.5, 0.6) is 0 Å². The van der Waals surface area contributed by atoms with Gasteiger partial charge < -0.3 is 10.6 Å². The molecule has 19 heavy (non-hydrogen) atoms. The first-order chi connectivity index (χ1) is 9.03. The van der Waals surface area contributed by atoms with Crippen LogP contribution in [-0.4, -0.2) is 44.0 Å². The Morgan fingerprint density at radius 3 is 3.05 bits per heavy atom. The van der Waals surface area contributed by atoms with E-state index in [1.54, 1.807) is 12.1 Å². The molecule has 0 aromatic carbocycles. The van der Waals surface area contributed by atoms with Gasteiger partial charge in [0.2, 0.25) is 0 Å². The first-order valence-electron chi connectivity index (χ1n) is 6.48. The zero-order valence-electron chi connectivity index (χ0n) is 11.0. The number of rotatable bonds is 4. The van der Waals surface area contributed by atoms with Crippen molar-refractivity contribution in [2.45, 2.75) is 30.8 Å². The summed E-state index contributed by atoms with van der Waals surface area (Å²) in [5, 5.41) is -0.0800. The second-order valence-corrected chi connectivity index (χ2v) is 6.38. The quantitative estimate of drug-likeness (QED) is 0.837. The molecule has 1 aromatic heterocycles. The van der Waals surface area contributed by atoms with Crippen LogP contribution in [0.25, 0.3) is 0 Å². The van der Waals surface area contributed by atoms with E-state index < -0.39 is 10.0 Å². The Hall–Kier alpha value is -1.18. The van der Waals surface area contributed by atoms with E-state index in [4.69, 9.17) is 5.73 Å². The van der Waals surface area contributed by atoms with Gasteiger partial charge in [0, 0.05) is 18.8 Å². The molecule has 1 aliphatic heterocycles. The Kier molecular flexibility index (Phi) is 4.38. The minimum atomic E-state index is -3.64. The maximum atomic E-state index is 12.2. The topological polar surface area (TPSA) is 88.3 Å². The molecule has 2 heterocycles. The summed E-state index contributed by atoms with van der Waals surface area (Å²) in [6.45, 7) is 4.78. The van der Waals surface area contributed by atoms with Crippen LogP contribution in [-0.2, 0) is 10.0 Å². The number of likely N-dealkylation sites (N-methyl/N-ethyl adjacent to an activating group) is 1. The third-order valence-corrected chi connectivity index (χ3v) is 4.82. The molecule has 1 unspecified atom stereocenters. The second kappa shape index (κ2) is 5.85. The van der Waals surface area contributed by atoms with Gasteiger partial charge in [-0.25, -0.2) is 18.1 Å². The Bertz CT molecular complexity index is 532. The van der Waals surface area contributed by atoms with Gasteiger partial charge in [-0.15, -0.1) is 0 Å². The zero-order chi connectivity index (χ0) is 13.9. The minimum Gasteiger partial charge on any atom is -0.396 e. The highest BCUT2D eigenvalue weighted by Gasteiger charge is 2.26. The highest BCUT2D eigenvalue weighted by molar-refractivity contribution is 7.89. The van der Waals surface area contributed by atoms with Crippen LogP contribution in [0.2, 0.25) is 0 Å². The van der Waals surface area contributed by atoms with Gasteiger partial charge in [-0.3, -0.25) is 0 Å². The molecule has 0 saturated carbocycles. The summed E-state index contributed by atoms with van der Waals surface area (Å²) in [5.74, 6) is 0. The van der Waals surface area contributed by atoms with E-state index in [0.717, 1.165) is 32.5 Å². The first kappa shape index (κ1) is 14.2. The number of hydrogen-bond acceptors (Lipinski definition) is 5. The molecule has 0 spiro atoms. The number of nitrogen functional groups attached to an aromatic ring is 1. The summed E-state index contributed by atoms with van der Waals surface area (Å²) in [5.41, 5.74) is 5.85. The lowest BCUT2D eigenvalue weighted by Gasteiger charge is -2.31. The van der Waals surface area contributed by atoms with Crippen molar-refractivity contribution in [1.82, 2.24) is 14.6 Å². The smallest absolute Gasteiger partial charge is 0.260 e. The average molecular weight is 284 g/mol. The van der Waals surface area contributed by atoms with Crippen molar-refractivity contribution in [1.29, 1.82) is 0 Å². The molecule has 0 aliphatic carbocycles. The number of nitrogens with zero attached hydrogens (tertiary/aromatic N) is 2. The van der Waals surface area contributed by atoms with E-state index in [9.17, 15) is 8.42 Å². The first-order valence-corrected chi connectivity index (χ1v) is 7.96. The predicted molar refractivity (Wildman–Crippen MR) is 74.1 cm³/mol. The third kappa shape index (κ3) is 3.43. The standard InChI is InChI=1S/C12H20N4O2S/c1-2-16-8-4-5-10(9-16)15-19(17,18)12-11(13)6-3-7-14-12/h3,6-7,10,15H,2,4-5,8-9,13H2,1H3. The van der Waals surface area contributed by atoms with E-state index >= 15 is 0 Å². The maximum Gasteiger partial charge on any atom is 0.260 e. The molecule has 6 nitrogen and oxygen atoms in total. The van der Waals surface area contributed by atoms with Crippen LogP contribution >= 0.6 is 0 Å². The van der Waals surface area contributed by atoms with Crippen LogP contribution in [0.1, 0.15) is 19.8 Å². The molecule has 7 heteroatoms. The normalized spacial score (nSPS) is 21.4. The van der Waals surface area contributed by atoms with Gasteiger partial charge in [0.15, 0.2) is 5.03 Å². The predicted octanol–water partition coefficient (Wildman–Crippen LogP) is 0.426. The van der Waals surface area contributed by atoms with Crippen molar-refractivity contribution in [2.24, 2.45) is 0 Å². The molecule has 0 amide bonds. The summed E-state index contributed by atoms with van der Waals surface area (Å²) in [6, 6.07) is 3.09. The highest BCUT2D eigenvalue weighted by Crippen LogP contribution is 2.17. The highest BCUT2D eigenvalue weighted by atomic mass is 32.2. The molecular weight excluding hydrogens is 264 g/mol. The van der Waals surface area contributed by atoms with Gasteiger partial charge in [-0.05, 0) is 38.1 Å². The number of nitrogens with two attached hydrogens (primary N) is 1. The molecule has 2 rings (SSSR count). The fourth-order valence-corrected chi connectivity index (χ4v) is 3.66. The molecule has 3 N–H and O–H groups in total. The van der Waals surface area contributed by atoms with Gasteiger partial charge >= 0.3 is 0 Å². The van der Waals surface area contributed by atoms with Gasteiger partial charge in [-0.2, -0.15) is 0 Å². The maximum absolute atomic E-state index is 12.2. The van der Waals surface area contributed by atoms with Crippen molar-refractivity contribution < 1.29 is 8.42 Å². The summed E-state index contributed by atoms with van der Waals surface area (Å²) in [4.78, 5) is 6.10. The zero-order valence-corrected chi connectivity index (χ0v) is 11.9. The number of piperidine rings is 1. The summed E-state index contributed by atoms with van der Waals surface area (Å²) in [6.07, 6.45) is 3.28. The SMILES string of the molecule is CCN1CCCC(NS(=O)(=O)c2ncccc2N)C1. The van der Waals surface area contributed by atoms with Crippen molar-refractivity contribution in [3.63, 3.8) is 0 Å². The second-order valence-electron chi connectivity index (χ2n) is 4.75. The Morgan fingerprint density at radius 1 is 1.58 bits per heavy atom. The van der Waals surface area contributed by atoms with Gasteiger partial charge in [0.05, 0.1) is 5.69 Å². The Labute approximate surface area is 114 Å². The lowest BCUT2D eigenvalue weighted by Crippen LogP contribution is -2.47. The van der Waals surface area contributed by atoms with Crippen molar-refractivity contribution in [2.75, 3.05) is 25.4 Å². The molecule has 0 radical (unpaired) electrons. The number of nitrogens with one attached hydrogen (secondary N) is 1. The lowest BCUT2D eigenvalue weighted by molar-refractivity contribution is 0.211. The lowest BCUT2D eigenvalue weighted by atomic mass is 10.1. The van der Waals surface area contributed by atoms with E-state index in [-0.39, 0.29) is 16.8 Å². The average Bonchev–Trinajstić information content (AvgIpc) is 2.38. The summed E-state index contributed by atoms with van der Waals surface area (Å²) >= 11 is 0. The number of anilines is 1. The van der Waals surface area contributed by atoms with E-state index in [2.05, 4.69) is 21.5 Å². The van der Waals surface area contributed by atoms with Crippen molar-refractivity contribution in [3.05, 3.63) is 18.3 Å². The van der Waals surface area contributed by atoms with Crippen molar-refractivity contribution >= 4 is 15.7 Å². The molecule has 1 fully saturated rings. The number of aromatic nitrogens is 1. The summed E-state index contributed by atoms with van der Waals surface area (Å²) < 4.78 is 27.2. The molecule has 1 saturated heterocycles. The fourth-order valence-electron chi connectivity index (χ4n) is 2.34. The van der Waals surface area contributed by atoms with Crippen LogP contribution < -0.4 is 10.5 Å². The summed E-state index contributed by atoms with van der Waals surface area (Å²) in [7, 11) is -3.64. The molecule has 1 atom stereocenters. The number of likely N-dealkylation sites (tertiary alicyclic amines) is 1. The third-order valence-electron chi connectivity index (χ3n) is 3.33. The molecule has 1 aromatic rings. The molecule has 1 aliphatic rings. The van der Waals surface area contributed by atoms with Crippen LogP contribution in [0.3, 0.4) is 0 Å². The Balaban J connectivity index is 2.11. The van der Waals surface area contributed by atoms with Crippen LogP contribution in [0.15, 0.2) is 23.4 Å². The van der Waals surface area contributed by atoms with E-state index in [1.807, 2.05) is 0 Å². The van der Waals surface area contributed by atoms with Crippen LogP contribution in [0.4, 0.5) is 5.69 Å².